The van der Waals surface area contributed by atoms with Crippen molar-refractivity contribution in [1.82, 2.24) is 0 Å². The van der Waals surface area contributed by atoms with Crippen molar-refractivity contribution in [3.63, 3.8) is 0 Å². The van der Waals surface area contributed by atoms with Crippen molar-refractivity contribution in [3.8, 4) is 23.0 Å². The van der Waals surface area contributed by atoms with Crippen LogP contribution < -0.4 is 9.47 Å². The van der Waals surface area contributed by atoms with Gasteiger partial charge in [0.05, 0.1) is 11.1 Å². The van der Waals surface area contributed by atoms with Gasteiger partial charge in [-0.25, -0.2) is 9.59 Å². The SMILES string of the molecule is O=C(O)c1ccc(Oc2ccc3c(Oc4ccc(C(=O)O)cc4)cccc3c2)cc1. The molecule has 2 N–H and O–H groups in total. The third-order valence-corrected chi connectivity index (χ3v) is 4.48. The number of ether oxygens (including phenoxy) is 2. The molecule has 0 aliphatic carbocycles. The average molecular weight is 400 g/mol. The van der Waals surface area contributed by atoms with Gasteiger partial charge in [0.15, 0.2) is 0 Å². The molecule has 148 valence electrons. The molecule has 0 aliphatic rings. The van der Waals surface area contributed by atoms with Crippen molar-refractivity contribution < 1.29 is 29.3 Å². The van der Waals surface area contributed by atoms with E-state index in [4.69, 9.17) is 19.7 Å². The van der Waals surface area contributed by atoms with Gasteiger partial charge in [0.2, 0.25) is 0 Å². The first kappa shape index (κ1) is 19.0. The van der Waals surface area contributed by atoms with Gasteiger partial charge in [-0.1, -0.05) is 12.1 Å². The van der Waals surface area contributed by atoms with Gasteiger partial charge in [-0.3, -0.25) is 0 Å². The molecule has 0 saturated heterocycles. The normalized spacial score (nSPS) is 10.5. The van der Waals surface area contributed by atoms with Gasteiger partial charge in [-0.2, -0.15) is 0 Å². The van der Waals surface area contributed by atoms with E-state index in [1.807, 2.05) is 30.3 Å². The van der Waals surface area contributed by atoms with Crippen LogP contribution in [-0.4, -0.2) is 22.2 Å². The standard InChI is InChI=1S/C24H16O6/c25-23(26)15-4-8-18(9-5-15)29-20-12-13-21-17(14-20)2-1-3-22(21)30-19-10-6-16(7-11-19)24(27)28/h1-14H,(H,25,26)(H,27,28). The highest BCUT2D eigenvalue weighted by atomic mass is 16.5. The van der Waals surface area contributed by atoms with Gasteiger partial charge in [0.25, 0.3) is 0 Å². The van der Waals surface area contributed by atoms with Crippen molar-refractivity contribution in [1.29, 1.82) is 0 Å². The van der Waals surface area contributed by atoms with Gasteiger partial charge in [0.1, 0.15) is 23.0 Å². The Hall–Kier alpha value is -4.32. The van der Waals surface area contributed by atoms with Crippen molar-refractivity contribution in [2.75, 3.05) is 0 Å². The Morgan fingerprint density at radius 2 is 1.13 bits per heavy atom. The van der Waals surface area contributed by atoms with Gasteiger partial charge in [-0.05, 0) is 78.2 Å². The van der Waals surface area contributed by atoms with Gasteiger partial charge in [0, 0.05) is 5.39 Å². The summed E-state index contributed by atoms with van der Waals surface area (Å²) in [5.74, 6) is 0.326. The van der Waals surface area contributed by atoms with E-state index in [1.165, 1.54) is 24.3 Å². The highest BCUT2D eigenvalue weighted by Crippen LogP contribution is 2.33. The first-order chi connectivity index (χ1) is 14.5. The molecule has 4 rings (SSSR count). The molecule has 0 radical (unpaired) electrons. The molecule has 6 nitrogen and oxygen atoms in total. The molecule has 0 saturated carbocycles. The Kier molecular flexibility index (Phi) is 5.05. The van der Waals surface area contributed by atoms with Crippen LogP contribution in [-0.2, 0) is 0 Å². The molecule has 0 atom stereocenters. The van der Waals surface area contributed by atoms with Gasteiger partial charge >= 0.3 is 11.9 Å². The Balaban J connectivity index is 1.57. The Labute approximate surface area is 171 Å². The molecule has 0 fully saturated rings. The Morgan fingerprint density at radius 3 is 1.70 bits per heavy atom. The Morgan fingerprint density at radius 1 is 0.600 bits per heavy atom. The van der Waals surface area contributed by atoms with Gasteiger partial charge in [-0.15, -0.1) is 0 Å². The van der Waals surface area contributed by atoms with Crippen LogP contribution in [0, 0.1) is 0 Å². The fraction of sp³-hybridized carbons (Fsp3) is 0. The third-order valence-electron chi connectivity index (χ3n) is 4.48. The molecule has 6 heteroatoms. The highest BCUT2D eigenvalue weighted by Gasteiger charge is 2.08. The summed E-state index contributed by atoms with van der Waals surface area (Å²) in [5, 5.41) is 19.7. The van der Waals surface area contributed by atoms with Crippen LogP contribution in [0.1, 0.15) is 20.7 Å². The molecule has 30 heavy (non-hydrogen) atoms. The number of fused-ring (bicyclic) bond motifs is 1. The van der Waals surface area contributed by atoms with E-state index in [0.29, 0.717) is 23.0 Å². The second-order valence-electron chi connectivity index (χ2n) is 6.50. The summed E-state index contributed by atoms with van der Waals surface area (Å²) in [6.07, 6.45) is 0. The zero-order valence-electron chi connectivity index (χ0n) is 15.6. The van der Waals surface area contributed by atoms with Crippen LogP contribution in [0.25, 0.3) is 10.8 Å². The number of benzene rings is 4. The lowest BCUT2D eigenvalue weighted by atomic mass is 10.1. The maximum Gasteiger partial charge on any atom is 0.335 e. The molecule has 0 amide bonds. The summed E-state index contributed by atoms with van der Waals surface area (Å²) < 4.78 is 11.8. The van der Waals surface area contributed by atoms with Crippen LogP contribution in [0.4, 0.5) is 0 Å². The molecule has 0 bridgehead atoms. The molecular formula is C24H16O6. The maximum atomic E-state index is 11.0. The Bertz CT molecular complexity index is 1230. The fourth-order valence-corrected chi connectivity index (χ4v) is 2.98. The molecule has 0 spiro atoms. The van der Waals surface area contributed by atoms with Crippen molar-refractivity contribution in [2.24, 2.45) is 0 Å². The number of carboxylic acids is 2. The monoisotopic (exact) mass is 400 g/mol. The first-order valence-corrected chi connectivity index (χ1v) is 9.05. The lowest BCUT2D eigenvalue weighted by Gasteiger charge is -2.11. The van der Waals surface area contributed by atoms with Crippen LogP contribution in [0.3, 0.4) is 0 Å². The zero-order valence-corrected chi connectivity index (χ0v) is 15.6. The largest absolute Gasteiger partial charge is 0.478 e. The summed E-state index contributed by atoms with van der Waals surface area (Å²) in [5.41, 5.74) is 0.387. The quantitative estimate of drug-likeness (QED) is 0.424. The second-order valence-corrected chi connectivity index (χ2v) is 6.50. The topological polar surface area (TPSA) is 93.1 Å². The second kappa shape index (κ2) is 7.97. The average Bonchev–Trinajstić information content (AvgIpc) is 2.74. The summed E-state index contributed by atoms with van der Waals surface area (Å²) >= 11 is 0. The van der Waals surface area contributed by atoms with Crippen molar-refractivity contribution in [2.45, 2.75) is 0 Å². The van der Waals surface area contributed by atoms with E-state index in [0.717, 1.165) is 10.8 Å². The van der Waals surface area contributed by atoms with Crippen LogP contribution in [0.5, 0.6) is 23.0 Å². The number of hydrogen-bond acceptors (Lipinski definition) is 4. The van der Waals surface area contributed by atoms with Crippen molar-refractivity contribution in [3.05, 3.63) is 96.1 Å². The zero-order chi connectivity index (χ0) is 21.1. The van der Waals surface area contributed by atoms with E-state index in [2.05, 4.69) is 0 Å². The first-order valence-electron chi connectivity index (χ1n) is 9.05. The lowest BCUT2D eigenvalue weighted by Crippen LogP contribution is -1.95. The number of hydrogen-bond donors (Lipinski definition) is 2. The number of aromatic carboxylic acids is 2. The summed E-state index contributed by atoms with van der Waals surface area (Å²) in [7, 11) is 0. The molecule has 0 aromatic heterocycles. The number of carboxylic acid groups (broad SMARTS) is 2. The minimum absolute atomic E-state index is 0.193. The predicted molar refractivity (Wildman–Crippen MR) is 111 cm³/mol. The number of carbonyl (C=O) groups is 2. The summed E-state index contributed by atoms with van der Waals surface area (Å²) in [6, 6.07) is 23.5. The molecule has 4 aromatic rings. The predicted octanol–water partition coefficient (Wildman–Crippen LogP) is 5.82. The molecule has 0 heterocycles. The van der Waals surface area contributed by atoms with Crippen LogP contribution in [0.2, 0.25) is 0 Å². The van der Waals surface area contributed by atoms with E-state index in [1.54, 1.807) is 30.3 Å². The summed E-state index contributed by atoms with van der Waals surface area (Å²) in [4.78, 5) is 21.9. The lowest BCUT2D eigenvalue weighted by molar-refractivity contribution is 0.0686. The minimum Gasteiger partial charge on any atom is -0.478 e. The van der Waals surface area contributed by atoms with Crippen LogP contribution in [0.15, 0.2) is 84.9 Å². The fourth-order valence-electron chi connectivity index (χ4n) is 2.98. The van der Waals surface area contributed by atoms with E-state index in [9.17, 15) is 9.59 Å². The molecule has 0 unspecified atom stereocenters. The number of rotatable bonds is 6. The van der Waals surface area contributed by atoms with Crippen LogP contribution >= 0.6 is 0 Å². The molecular weight excluding hydrogens is 384 g/mol. The summed E-state index contributed by atoms with van der Waals surface area (Å²) in [6.45, 7) is 0. The van der Waals surface area contributed by atoms with Gasteiger partial charge < -0.3 is 19.7 Å². The van der Waals surface area contributed by atoms with E-state index < -0.39 is 11.9 Å². The minimum atomic E-state index is -0.989. The van der Waals surface area contributed by atoms with E-state index in [-0.39, 0.29) is 11.1 Å². The maximum absolute atomic E-state index is 11.0. The van der Waals surface area contributed by atoms with Crippen molar-refractivity contribution >= 4 is 22.7 Å². The molecule has 0 aliphatic heterocycles. The highest BCUT2D eigenvalue weighted by molar-refractivity contribution is 5.90. The smallest absolute Gasteiger partial charge is 0.335 e. The molecule has 4 aromatic carbocycles. The third kappa shape index (κ3) is 4.07. The van der Waals surface area contributed by atoms with E-state index >= 15 is 0 Å².